The number of hydrogen-bond acceptors (Lipinski definition) is 5. The van der Waals surface area contributed by atoms with Crippen LogP contribution in [0.4, 0.5) is 5.69 Å². The molecule has 0 saturated carbocycles. The Labute approximate surface area is 117 Å². The first kappa shape index (κ1) is 14.8. The molecule has 3 N–H and O–H groups in total. The first-order valence-corrected chi connectivity index (χ1v) is 7.53. The largest absolute Gasteiger partial charge is 0.481 e. The number of sulfonamides is 1. The van der Waals surface area contributed by atoms with Crippen molar-refractivity contribution in [3.05, 3.63) is 24.3 Å². The van der Waals surface area contributed by atoms with Gasteiger partial charge in [0.25, 0.3) is 0 Å². The maximum Gasteiger partial charge on any atom is 0.311 e. The van der Waals surface area contributed by atoms with Gasteiger partial charge in [-0.3, -0.25) is 4.79 Å². The highest BCUT2D eigenvalue weighted by molar-refractivity contribution is 7.89. The van der Waals surface area contributed by atoms with Gasteiger partial charge in [0.2, 0.25) is 10.0 Å². The summed E-state index contributed by atoms with van der Waals surface area (Å²) in [6.07, 6.45) is 0. The van der Waals surface area contributed by atoms with E-state index in [0.29, 0.717) is 5.69 Å². The Kier molecular flexibility index (Phi) is 4.26. The van der Waals surface area contributed by atoms with E-state index in [2.05, 4.69) is 10.0 Å². The molecule has 0 aliphatic carbocycles. The van der Waals surface area contributed by atoms with E-state index < -0.39 is 28.0 Å². The minimum absolute atomic E-state index is 0.0820. The summed E-state index contributed by atoms with van der Waals surface area (Å²) in [7, 11) is -2.28. The van der Waals surface area contributed by atoms with Crippen molar-refractivity contribution in [3.63, 3.8) is 0 Å². The molecule has 2 unspecified atom stereocenters. The summed E-state index contributed by atoms with van der Waals surface area (Å²) in [6, 6.07) is 5.89. The third-order valence-electron chi connectivity index (χ3n) is 3.18. The zero-order chi connectivity index (χ0) is 14.8. The third-order valence-corrected chi connectivity index (χ3v) is 4.66. The van der Waals surface area contributed by atoms with Gasteiger partial charge in [-0.05, 0) is 19.2 Å². The maximum atomic E-state index is 11.9. The molecule has 1 aliphatic heterocycles. The molecule has 1 aliphatic rings. The van der Waals surface area contributed by atoms with Crippen LogP contribution in [0.2, 0.25) is 0 Å². The average molecular weight is 300 g/mol. The molecule has 110 valence electrons. The van der Waals surface area contributed by atoms with Crippen LogP contribution in [-0.4, -0.2) is 45.8 Å². The van der Waals surface area contributed by atoms with Gasteiger partial charge in [0.15, 0.2) is 0 Å². The Balaban J connectivity index is 2.28. The predicted octanol–water partition coefficient (Wildman–Crippen LogP) is 0.106. The minimum atomic E-state index is -3.61. The summed E-state index contributed by atoms with van der Waals surface area (Å²) < 4.78 is 31.2. The molecule has 1 aromatic rings. The Morgan fingerprint density at radius 2 is 2.05 bits per heavy atom. The van der Waals surface area contributed by atoms with Crippen LogP contribution in [0, 0.1) is 5.92 Å². The Morgan fingerprint density at radius 1 is 1.35 bits per heavy atom. The number of nitrogens with one attached hydrogen (secondary N) is 2. The lowest BCUT2D eigenvalue weighted by Crippen LogP contribution is -2.34. The molecule has 0 aromatic heterocycles. The topological polar surface area (TPSA) is 105 Å². The predicted molar refractivity (Wildman–Crippen MR) is 72.0 cm³/mol. The number of carboxylic acid groups (broad SMARTS) is 1. The van der Waals surface area contributed by atoms with Crippen molar-refractivity contribution in [2.75, 3.05) is 25.6 Å². The van der Waals surface area contributed by atoms with Crippen LogP contribution in [0.15, 0.2) is 29.2 Å². The second kappa shape index (κ2) is 5.78. The number of para-hydroxylation sites is 1. The van der Waals surface area contributed by atoms with Gasteiger partial charge in [0.1, 0.15) is 10.8 Å². The fourth-order valence-electron chi connectivity index (χ4n) is 2.07. The molecule has 0 radical (unpaired) electrons. The van der Waals surface area contributed by atoms with Gasteiger partial charge in [-0.25, -0.2) is 13.1 Å². The highest BCUT2D eigenvalue weighted by Gasteiger charge is 2.34. The van der Waals surface area contributed by atoms with E-state index in [4.69, 9.17) is 9.84 Å². The fourth-order valence-corrected chi connectivity index (χ4v) is 2.96. The Hall–Kier alpha value is -1.64. The highest BCUT2D eigenvalue weighted by Crippen LogP contribution is 2.25. The summed E-state index contributed by atoms with van der Waals surface area (Å²) >= 11 is 0. The van der Waals surface area contributed by atoms with Crippen LogP contribution in [-0.2, 0) is 19.6 Å². The molecule has 8 heteroatoms. The van der Waals surface area contributed by atoms with E-state index in [-0.39, 0.29) is 18.1 Å². The van der Waals surface area contributed by atoms with Crippen molar-refractivity contribution < 1.29 is 23.1 Å². The van der Waals surface area contributed by atoms with Crippen molar-refractivity contribution in [1.29, 1.82) is 0 Å². The minimum Gasteiger partial charge on any atom is -0.481 e. The number of ether oxygens (including phenoxy) is 1. The number of benzene rings is 1. The van der Waals surface area contributed by atoms with Crippen molar-refractivity contribution in [1.82, 2.24) is 4.72 Å². The molecule has 20 heavy (non-hydrogen) atoms. The molecular formula is C12H16N2O5S. The molecule has 1 saturated heterocycles. The number of carbonyl (C=O) groups is 1. The third kappa shape index (κ3) is 2.92. The van der Waals surface area contributed by atoms with E-state index in [1.54, 1.807) is 18.2 Å². The van der Waals surface area contributed by atoms with Crippen molar-refractivity contribution in [3.8, 4) is 0 Å². The lowest BCUT2D eigenvalue weighted by Gasteiger charge is -2.19. The summed E-state index contributed by atoms with van der Waals surface area (Å²) in [5.41, 5.74) is 0.364. The van der Waals surface area contributed by atoms with Gasteiger partial charge in [-0.15, -0.1) is 0 Å². The van der Waals surface area contributed by atoms with E-state index in [1.807, 2.05) is 0 Å². The molecule has 2 rings (SSSR count). The van der Waals surface area contributed by atoms with E-state index in [0.717, 1.165) is 0 Å². The van der Waals surface area contributed by atoms with Crippen LogP contribution < -0.4 is 10.0 Å². The first-order valence-electron chi connectivity index (χ1n) is 6.05. The number of rotatable bonds is 5. The second-order valence-electron chi connectivity index (χ2n) is 4.44. The smallest absolute Gasteiger partial charge is 0.311 e. The lowest BCUT2D eigenvalue weighted by atomic mass is 10.0. The monoisotopic (exact) mass is 300 g/mol. The Morgan fingerprint density at radius 3 is 2.70 bits per heavy atom. The SMILES string of the molecule is CNS(=O)(=O)c1ccccc1NC1COCC1C(=O)O. The van der Waals surface area contributed by atoms with Crippen molar-refractivity contribution in [2.24, 2.45) is 5.92 Å². The Bertz CT molecular complexity index is 602. The van der Waals surface area contributed by atoms with E-state index in [9.17, 15) is 13.2 Å². The summed E-state index contributed by atoms with van der Waals surface area (Å²) in [6.45, 7) is 0.346. The fraction of sp³-hybridized carbons (Fsp3) is 0.417. The summed E-state index contributed by atoms with van der Waals surface area (Å²) in [5, 5.41) is 12.0. The lowest BCUT2D eigenvalue weighted by molar-refractivity contribution is -0.141. The normalized spacial score (nSPS) is 22.6. The van der Waals surface area contributed by atoms with E-state index >= 15 is 0 Å². The zero-order valence-corrected chi connectivity index (χ0v) is 11.7. The number of carboxylic acids is 1. The van der Waals surface area contributed by atoms with Crippen LogP contribution in [0.1, 0.15) is 0 Å². The van der Waals surface area contributed by atoms with Gasteiger partial charge in [-0.2, -0.15) is 0 Å². The molecule has 1 fully saturated rings. The molecule has 0 spiro atoms. The summed E-state index contributed by atoms with van der Waals surface area (Å²) in [5.74, 6) is -1.66. The zero-order valence-electron chi connectivity index (χ0n) is 10.9. The summed E-state index contributed by atoms with van der Waals surface area (Å²) in [4.78, 5) is 11.2. The van der Waals surface area contributed by atoms with Crippen molar-refractivity contribution >= 4 is 21.7 Å². The number of anilines is 1. The maximum absolute atomic E-state index is 11.9. The van der Waals surface area contributed by atoms with Gasteiger partial charge < -0.3 is 15.2 Å². The highest BCUT2D eigenvalue weighted by atomic mass is 32.2. The molecule has 1 aromatic carbocycles. The first-order chi connectivity index (χ1) is 9.45. The average Bonchev–Trinajstić information content (AvgIpc) is 2.87. The van der Waals surface area contributed by atoms with Gasteiger partial charge >= 0.3 is 5.97 Å². The van der Waals surface area contributed by atoms with Gasteiger partial charge in [0.05, 0.1) is 24.9 Å². The van der Waals surface area contributed by atoms with Crippen LogP contribution in [0.5, 0.6) is 0 Å². The van der Waals surface area contributed by atoms with Crippen LogP contribution >= 0.6 is 0 Å². The van der Waals surface area contributed by atoms with Crippen molar-refractivity contribution in [2.45, 2.75) is 10.9 Å². The molecule has 7 nitrogen and oxygen atoms in total. The second-order valence-corrected chi connectivity index (χ2v) is 6.29. The van der Waals surface area contributed by atoms with E-state index in [1.165, 1.54) is 13.1 Å². The van der Waals surface area contributed by atoms with Crippen LogP contribution in [0.3, 0.4) is 0 Å². The number of aliphatic carboxylic acids is 1. The molecule has 0 amide bonds. The number of hydrogen-bond donors (Lipinski definition) is 3. The van der Waals surface area contributed by atoms with Gasteiger partial charge in [0, 0.05) is 0 Å². The quantitative estimate of drug-likeness (QED) is 0.712. The molecule has 0 bridgehead atoms. The van der Waals surface area contributed by atoms with Gasteiger partial charge in [-0.1, -0.05) is 12.1 Å². The standard InChI is InChI=1S/C12H16N2O5S/c1-13-20(17,18)11-5-3-2-4-9(11)14-10-7-19-6-8(10)12(15)16/h2-5,8,10,13-14H,6-7H2,1H3,(H,15,16). The molecule has 1 heterocycles. The van der Waals surface area contributed by atoms with Crippen LogP contribution in [0.25, 0.3) is 0 Å². The molecule has 2 atom stereocenters. The molecular weight excluding hydrogens is 284 g/mol.